The molecule has 1 aromatic heterocycles. The number of fused-ring (bicyclic) bond motifs is 1. The van der Waals surface area contributed by atoms with Crippen LogP contribution in [-0.4, -0.2) is 0 Å². The molecule has 2 aromatic rings. The number of halogens is 2. The maximum absolute atomic E-state index is 4.67. The average Bonchev–Trinajstić information content (AvgIpc) is 2.64. The van der Waals surface area contributed by atoms with Crippen LogP contribution in [0.15, 0.2) is 42.4 Å². The number of allylic oxidation sites excluding steroid dienone is 1. The molecule has 0 spiro atoms. The van der Waals surface area contributed by atoms with E-state index < -0.39 is 0 Å². The number of hydrogen-bond acceptors (Lipinski definition) is 1. The molecule has 0 saturated carbocycles. The quantitative estimate of drug-likeness (QED) is 0.452. The molecule has 1 aromatic carbocycles. The van der Waals surface area contributed by atoms with E-state index in [0.717, 1.165) is 19.7 Å². The Hall–Kier alpha value is -0.0505. The predicted octanol–water partition coefficient (Wildman–Crippen LogP) is 3.75. The fourth-order valence-corrected chi connectivity index (χ4v) is 2.16. The molecular weight excluding hydrogens is 301 g/mol. The fourth-order valence-electron chi connectivity index (χ4n) is 1.25. The van der Waals surface area contributed by atoms with E-state index >= 15 is 0 Å². The summed E-state index contributed by atoms with van der Waals surface area (Å²) in [5, 5.41) is 0. The molecule has 2 rings (SSSR count). The number of nitrogens with zero attached hydrogens (tertiary/aromatic N) is 1. The normalized spacial score (nSPS) is 9.73. The van der Waals surface area contributed by atoms with Crippen molar-refractivity contribution in [3.63, 3.8) is 0 Å². The van der Waals surface area contributed by atoms with Crippen LogP contribution in [-0.2, 0) is 19.7 Å². The fraction of sp³-hybridized carbons (Fsp3) is 0.100. The van der Waals surface area contributed by atoms with Gasteiger partial charge in [0.1, 0.15) is 4.70 Å². The number of para-hydroxylation sites is 1. The Labute approximate surface area is 108 Å². The third kappa shape index (κ3) is 3.78. The summed E-state index contributed by atoms with van der Waals surface area (Å²) in [4.78, 5) is 0. The van der Waals surface area contributed by atoms with Gasteiger partial charge < -0.3 is 0 Å². The van der Waals surface area contributed by atoms with Crippen molar-refractivity contribution in [3.8, 4) is 0 Å². The van der Waals surface area contributed by atoms with Crippen molar-refractivity contribution in [1.29, 1.82) is 0 Å². The van der Waals surface area contributed by atoms with Crippen molar-refractivity contribution in [1.82, 2.24) is 0 Å². The molecule has 0 aliphatic heterocycles. The molecule has 15 heavy (non-hydrogen) atoms. The summed E-state index contributed by atoms with van der Waals surface area (Å²) in [7, 11) is 9.34. The van der Waals surface area contributed by atoms with E-state index in [4.69, 9.17) is 0 Å². The van der Waals surface area contributed by atoms with Gasteiger partial charge in [-0.15, -0.1) is 0 Å². The molecule has 0 saturated heterocycles. The third-order valence-corrected chi connectivity index (χ3v) is 2.77. The van der Waals surface area contributed by atoms with E-state index in [0.29, 0.717) is 0 Å². The molecule has 1 heterocycles. The van der Waals surface area contributed by atoms with Crippen LogP contribution in [0.3, 0.4) is 0 Å². The maximum atomic E-state index is 4.67. The van der Waals surface area contributed by atoms with Gasteiger partial charge in [0.05, 0.1) is 0 Å². The second kappa shape index (κ2) is 7.26. The van der Waals surface area contributed by atoms with Gasteiger partial charge in [-0.2, -0.15) is 4.57 Å². The van der Waals surface area contributed by atoms with E-state index in [9.17, 15) is 0 Å². The Morgan fingerprint density at radius 2 is 2.07 bits per heavy atom. The molecule has 0 N–H and O–H groups in total. The standard InChI is InChI=1S/C10H10NS.2ClH.Cu/c1-2-7-11-8-12-10-6-4-3-5-9(10)11;;;/h2-6,8H,1,7H2;2*1H;/q+1;;;+1/p-2. The molecule has 0 unspecified atom stereocenters. The minimum atomic E-state index is 0.757. The van der Waals surface area contributed by atoms with Gasteiger partial charge in [-0.1, -0.05) is 30.0 Å². The Kier molecular flexibility index (Phi) is 6.30. The van der Waals surface area contributed by atoms with Gasteiger partial charge in [0.15, 0.2) is 6.54 Å². The predicted molar refractivity (Wildman–Crippen MR) is 63.9 cm³/mol. The van der Waals surface area contributed by atoms with Crippen molar-refractivity contribution in [3.05, 3.63) is 42.4 Å². The van der Waals surface area contributed by atoms with E-state index in [2.05, 4.69) is 61.1 Å². The van der Waals surface area contributed by atoms with Crippen molar-refractivity contribution < 1.29 is 17.7 Å². The molecule has 0 fully saturated rings. The van der Waals surface area contributed by atoms with Crippen LogP contribution in [0, 0.1) is 0 Å². The molecule has 5 heteroatoms. The Balaban J connectivity index is 0.000000337. The van der Waals surface area contributed by atoms with Gasteiger partial charge >= 0.3 is 33.3 Å². The van der Waals surface area contributed by atoms with Gasteiger partial charge in [0.25, 0.3) is 0 Å². The zero-order valence-electron chi connectivity index (χ0n) is 7.79. The molecule has 86 valence electrons. The third-order valence-electron chi connectivity index (χ3n) is 1.81. The van der Waals surface area contributed by atoms with E-state index in [-0.39, 0.29) is 0 Å². The van der Waals surface area contributed by atoms with Crippen molar-refractivity contribution in [2.75, 3.05) is 0 Å². The van der Waals surface area contributed by atoms with Crippen LogP contribution in [0.25, 0.3) is 10.2 Å². The Bertz CT molecular complexity index is 430. The minimum absolute atomic E-state index is 0.757. The second-order valence-electron chi connectivity index (χ2n) is 2.68. The molecule has 0 bridgehead atoms. The summed E-state index contributed by atoms with van der Waals surface area (Å²) in [6.45, 7) is 4.62. The summed E-state index contributed by atoms with van der Waals surface area (Å²) in [6.07, 6.45) is 1.92. The first-order valence-electron chi connectivity index (χ1n) is 4.11. The number of hydrogen-bond donors (Lipinski definition) is 0. The number of rotatable bonds is 2. The molecule has 0 atom stereocenters. The van der Waals surface area contributed by atoms with Crippen molar-refractivity contribution in [2.45, 2.75) is 6.54 Å². The van der Waals surface area contributed by atoms with Crippen LogP contribution in [0.5, 0.6) is 0 Å². The van der Waals surface area contributed by atoms with E-state index in [1.807, 2.05) is 6.08 Å². The average molecular weight is 311 g/mol. The van der Waals surface area contributed by atoms with Gasteiger partial charge in [-0.05, 0) is 12.1 Å². The van der Waals surface area contributed by atoms with Crippen molar-refractivity contribution >= 4 is 41.7 Å². The van der Waals surface area contributed by atoms with Gasteiger partial charge in [0.2, 0.25) is 11.0 Å². The van der Waals surface area contributed by atoms with Crippen LogP contribution in [0.2, 0.25) is 0 Å². The van der Waals surface area contributed by atoms with Gasteiger partial charge in [-0.3, -0.25) is 0 Å². The number of thiazole rings is 1. The summed E-state index contributed by atoms with van der Waals surface area (Å²) in [5.74, 6) is 0. The molecular formula is C10H10Cl2CuNS. The molecule has 1 nitrogen and oxygen atoms in total. The Morgan fingerprint density at radius 1 is 1.40 bits per heavy atom. The summed E-state index contributed by atoms with van der Waals surface area (Å²) in [6, 6.07) is 8.40. The first-order chi connectivity index (χ1) is 7.33. The van der Waals surface area contributed by atoms with Gasteiger partial charge in [0, 0.05) is 6.07 Å². The monoisotopic (exact) mass is 309 g/mol. The molecule has 0 aliphatic rings. The SMILES string of the molecule is C=CC[n+]1csc2ccccc21.[Cl][Cu-][Cl]. The second-order valence-corrected chi connectivity index (χ2v) is 5.12. The summed E-state index contributed by atoms with van der Waals surface area (Å²) < 4.78 is 3.53. The van der Waals surface area contributed by atoms with Gasteiger partial charge in [-0.25, -0.2) is 0 Å². The van der Waals surface area contributed by atoms with Crippen LogP contribution >= 0.6 is 31.5 Å². The van der Waals surface area contributed by atoms with Crippen molar-refractivity contribution in [2.24, 2.45) is 0 Å². The van der Waals surface area contributed by atoms with Crippen LogP contribution in [0.1, 0.15) is 0 Å². The van der Waals surface area contributed by atoms with E-state index in [1.54, 1.807) is 11.3 Å². The first-order valence-corrected chi connectivity index (χ1v) is 7.58. The zero-order chi connectivity index (χ0) is 11.1. The summed E-state index contributed by atoms with van der Waals surface area (Å²) >= 11 is 2.53. The van der Waals surface area contributed by atoms with Crippen LogP contribution in [0.4, 0.5) is 0 Å². The number of benzene rings is 1. The molecule has 0 amide bonds. The number of aromatic nitrogens is 1. The zero-order valence-corrected chi connectivity index (χ0v) is 11.1. The molecule has 0 radical (unpaired) electrons. The Morgan fingerprint density at radius 3 is 2.73 bits per heavy atom. The molecule has 0 aliphatic carbocycles. The van der Waals surface area contributed by atoms with Crippen LogP contribution < -0.4 is 4.57 Å². The summed E-state index contributed by atoms with van der Waals surface area (Å²) in [5.41, 5.74) is 3.43. The topological polar surface area (TPSA) is 3.88 Å². The van der Waals surface area contributed by atoms with E-state index in [1.165, 1.54) is 10.2 Å². The first kappa shape index (κ1) is 13.0.